The van der Waals surface area contributed by atoms with E-state index < -0.39 is 17.8 Å². The van der Waals surface area contributed by atoms with Gasteiger partial charge in [-0.3, -0.25) is 4.68 Å². The zero-order chi connectivity index (χ0) is 14.9. The lowest BCUT2D eigenvalue weighted by Crippen LogP contribution is -2.18. The second kappa shape index (κ2) is 5.28. The summed E-state index contributed by atoms with van der Waals surface area (Å²) in [6, 6.07) is 5.40. The third-order valence-electron chi connectivity index (χ3n) is 3.30. The van der Waals surface area contributed by atoms with Gasteiger partial charge in [0.25, 0.3) is 0 Å². The molecular weight excluding hydrogens is 267 g/mol. The Morgan fingerprint density at radius 2 is 1.95 bits per heavy atom. The molecule has 108 valence electrons. The molecule has 0 radical (unpaired) electrons. The van der Waals surface area contributed by atoms with Crippen molar-refractivity contribution in [3.8, 4) is 0 Å². The Kier molecular flexibility index (Phi) is 3.85. The van der Waals surface area contributed by atoms with Gasteiger partial charge in [-0.2, -0.15) is 18.3 Å². The summed E-state index contributed by atoms with van der Waals surface area (Å²) >= 11 is 0. The largest absolute Gasteiger partial charge is 0.419 e. The molecule has 0 aliphatic heterocycles. The fraction of sp³-hybridized carbons (Fsp3) is 0.357. The quantitative estimate of drug-likeness (QED) is 0.940. The minimum Gasteiger partial charge on any atom is -0.322 e. The van der Waals surface area contributed by atoms with Crippen LogP contribution in [-0.4, -0.2) is 9.78 Å². The summed E-state index contributed by atoms with van der Waals surface area (Å²) in [4.78, 5) is 0. The molecule has 1 atom stereocenters. The summed E-state index contributed by atoms with van der Waals surface area (Å²) in [5.41, 5.74) is 8.41. The van der Waals surface area contributed by atoms with Crippen LogP contribution in [-0.2, 0) is 12.7 Å². The minimum atomic E-state index is -4.37. The molecule has 1 unspecified atom stereocenters. The van der Waals surface area contributed by atoms with Gasteiger partial charge in [0, 0.05) is 12.2 Å². The number of benzene rings is 1. The molecule has 0 amide bonds. The van der Waals surface area contributed by atoms with E-state index in [1.165, 1.54) is 4.68 Å². The van der Waals surface area contributed by atoms with Crippen LogP contribution in [0.25, 0.3) is 0 Å². The van der Waals surface area contributed by atoms with Crippen molar-refractivity contribution in [3.63, 3.8) is 0 Å². The molecule has 0 fully saturated rings. The Morgan fingerprint density at radius 3 is 2.50 bits per heavy atom. The van der Waals surface area contributed by atoms with Crippen molar-refractivity contribution < 1.29 is 13.2 Å². The second-order valence-corrected chi connectivity index (χ2v) is 4.90. The van der Waals surface area contributed by atoms with E-state index in [0.29, 0.717) is 0 Å². The highest BCUT2D eigenvalue weighted by Gasteiger charge is 2.32. The van der Waals surface area contributed by atoms with Crippen LogP contribution in [0, 0.1) is 13.8 Å². The van der Waals surface area contributed by atoms with Gasteiger partial charge < -0.3 is 5.73 Å². The predicted octanol–water partition coefficient (Wildman–Crippen LogP) is 3.22. The molecule has 0 spiro atoms. The van der Waals surface area contributed by atoms with E-state index in [1.54, 1.807) is 0 Å². The number of aryl methyl sites for hydroxylation is 2. The fourth-order valence-electron chi connectivity index (χ4n) is 1.91. The molecule has 1 aromatic carbocycles. The smallest absolute Gasteiger partial charge is 0.322 e. The van der Waals surface area contributed by atoms with Crippen molar-refractivity contribution in [1.82, 2.24) is 9.78 Å². The van der Waals surface area contributed by atoms with Gasteiger partial charge in [0.1, 0.15) is 0 Å². The maximum absolute atomic E-state index is 12.5. The molecule has 1 aromatic heterocycles. The lowest BCUT2D eigenvalue weighted by molar-refractivity contribution is -0.137. The third kappa shape index (κ3) is 3.19. The van der Waals surface area contributed by atoms with Crippen LogP contribution in [0.15, 0.2) is 30.6 Å². The third-order valence-corrected chi connectivity index (χ3v) is 3.30. The standard InChI is InChI=1S/C14H16F3N3/c1-9-3-4-11(5-10(9)2)13(18)8-20-7-12(6-19-20)14(15,16)17/h3-7,13H,8,18H2,1-2H3. The zero-order valence-electron chi connectivity index (χ0n) is 11.3. The summed E-state index contributed by atoms with van der Waals surface area (Å²) in [6.45, 7) is 4.17. The van der Waals surface area contributed by atoms with Crippen LogP contribution in [0.2, 0.25) is 0 Å². The van der Waals surface area contributed by atoms with E-state index in [4.69, 9.17) is 5.73 Å². The van der Waals surface area contributed by atoms with Crippen molar-refractivity contribution >= 4 is 0 Å². The van der Waals surface area contributed by atoms with Crippen LogP contribution in [0.3, 0.4) is 0 Å². The van der Waals surface area contributed by atoms with E-state index in [1.807, 2.05) is 32.0 Å². The number of hydrogen-bond acceptors (Lipinski definition) is 2. The van der Waals surface area contributed by atoms with Crippen LogP contribution < -0.4 is 5.73 Å². The van der Waals surface area contributed by atoms with Crippen LogP contribution in [0.1, 0.15) is 28.3 Å². The summed E-state index contributed by atoms with van der Waals surface area (Å²) < 4.78 is 38.6. The molecule has 0 bridgehead atoms. The lowest BCUT2D eigenvalue weighted by atomic mass is 10.0. The lowest BCUT2D eigenvalue weighted by Gasteiger charge is -2.14. The van der Waals surface area contributed by atoms with Crippen LogP contribution >= 0.6 is 0 Å². The maximum atomic E-state index is 12.5. The predicted molar refractivity (Wildman–Crippen MR) is 70.1 cm³/mol. The Hall–Kier alpha value is -1.82. The molecule has 0 saturated heterocycles. The highest BCUT2D eigenvalue weighted by molar-refractivity contribution is 5.31. The Balaban J connectivity index is 2.13. The van der Waals surface area contributed by atoms with Gasteiger partial charge in [0.05, 0.1) is 18.3 Å². The van der Waals surface area contributed by atoms with E-state index >= 15 is 0 Å². The Morgan fingerprint density at radius 1 is 1.25 bits per heavy atom. The van der Waals surface area contributed by atoms with Gasteiger partial charge in [0.15, 0.2) is 0 Å². The molecule has 3 nitrogen and oxygen atoms in total. The van der Waals surface area contributed by atoms with Crippen molar-refractivity contribution in [1.29, 1.82) is 0 Å². The Bertz CT molecular complexity index is 602. The van der Waals surface area contributed by atoms with Crippen LogP contribution in [0.4, 0.5) is 13.2 Å². The number of nitrogens with zero attached hydrogens (tertiary/aromatic N) is 2. The summed E-state index contributed by atoms with van der Waals surface area (Å²) in [7, 11) is 0. The molecular formula is C14H16F3N3. The number of rotatable bonds is 3. The van der Waals surface area contributed by atoms with Crippen molar-refractivity contribution in [2.24, 2.45) is 5.73 Å². The van der Waals surface area contributed by atoms with Gasteiger partial charge in [-0.1, -0.05) is 18.2 Å². The van der Waals surface area contributed by atoms with Crippen molar-refractivity contribution in [3.05, 3.63) is 52.8 Å². The fourth-order valence-corrected chi connectivity index (χ4v) is 1.91. The van der Waals surface area contributed by atoms with Crippen molar-refractivity contribution in [2.75, 3.05) is 0 Å². The molecule has 0 aliphatic rings. The van der Waals surface area contributed by atoms with E-state index in [0.717, 1.165) is 29.1 Å². The molecule has 2 aromatic rings. The molecule has 0 saturated carbocycles. The van der Waals surface area contributed by atoms with Gasteiger partial charge in [0.2, 0.25) is 0 Å². The molecule has 6 heteroatoms. The number of aromatic nitrogens is 2. The second-order valence-electron chi connectivity index (χ2n) is 4.90. The SMILES string of the molecule is Cc1ccc(C(N)Cn2cc(C(F)(F)F)cn2)cc1C. The first-order valence-corrected chi connectivity index (χ1v) is 6.20. The summed E-state index contributed by atoms with van der Waals surface area (Å²) in [6.07, 6.45) is -2.59. The molecule has 2 rings (SSSR count). The molecule has 20 heavy (non-hydrogen) atoms. The van der Waals surface area contributed by atoms with Crippen molar-refractivity contribution in [2.45, 2.75) is 32.6 Å². The highest BCUT2D eigenvalue weighted by atomic mass is 19.4. The summed E-state index contributed by atoms with van der Waals surface area (Å²) in [5.74, 6) is 0. The minimum absolute atomic E-state index is 0.207. The zero-order valence-corrected chi connectivity index (χ0v) is 11.3. The van der Waals surface area contributed by atoms with Gasteiger partial charge in [-0.25, -0.2) is 0 Å². The molecule has 1 heterocycles. The number of alkyl halides is 3. The number of hydrogen-bond donors (Lipinski definition) is 1. The van der Waals surface area contributed by atoms with Gasteiger partial charge in [-0.05, 0) is 30.5 Å². The Labute approximate surface area is 115 Å². The monoisotopic (exact) mass is 283 g/mol. The van der Waals surface area contributed by atoms with E-state index in [9.17, 15) is 13.2 Å². The van der Waals surface area contributed by atoms with E-state index in [2.05, 4.69) is 5.10 Å². The average Bonchev–Trinajstić information content (AvgIpc) is 2.81. The number of nitrogens with two attached hydrogens (primary N) is 1. The first-order valence-electron chi connectivity index (χ1n) is 6.20. The first-order chi connectivity index (χ1) is 9.27. The first kappa shape index (κ1) is 14.6. The number of halogens is 3. The average molecular weight is 283 g/mol. The molecule has 2 N–H and O–H groups in total. The van der Waals surface area contributed by atoms with Gasteiger partial charge in [-0.15, -0.1) is 0 Å². The van der Waals surface area contributed by atoms with Gasteiger partial charge >= 0.3 is 6.18 Å². The highest BCUT2D eigenvalue weighted by Crippen LogP contribution is 2.28. The molecule has 0 aliphatic carbocycles. The topological polar surface area (TPSA) is 43.8 Å². The summed E-state index contributed by atoms with van der Waals surface area (Å²) in [5, 5.41) is 3.70. The maximum Gasteiger partial charge on any atom is 0.419 e. The van der Waals surface area contributed by atoms with E-state index in [-0.39, 0.29) is 6.54 Å². The normalized spacial score (nSPS) is 13.5. The van der Waals surface area contributed by atoms with Crippen LogP contribution in [0.5, 0.6) is 0 Å².